The van der Waals surface area contributed by atoms with Gasteiger partial charge in [0.25, 0.3) is 5.91 Å². The van der Waals surface area contributed by atoms with Crippen LogP contribution in [0.2, 0.25) is 0 Å². The van der Waals surface area contributed by atoms with E-state index in [9.17, 15) is 9.59 Å². The molecule has 1 aliphatic heterocycles. The van der Waals surface area contributed by atoms with Gasteiger partial charge >= 0.3 is 0 Å². The molecule has 2 atom stereocenters. The van der Waals surface area contributed by atoms with Crippen LogP contribution in [-0.2, 0) is 4.79 Å². The van der Waals surface area contributed by atoms with Gasteiger partial charge in [-0.15, -0.1) is 0 Å². The lowest BCUT2D eigenvalue weighted by molar-refractivity contribution is -0.120. The fourth-order valence-corrected chi connectivity index (χ4v) is 3.67. The number of hydrogen-bond acceptors (Lipinski definition) is 4. The maximum atomic E-state index is 12.8. The third-order valence-corrected chi connectivity index (χ3v) is 5.15. The highest BCUT2D eigenvalue weighted by molar-refractivity contribution is 9.10. The van der Waals surface area contributed by atoms with Crippen molar-refractivity contribution in [2.75, 3.05) is 13.1 Å². The topological polar surface area (TPSA) is 85.5 Å². The maximum absolute atomic E-state index is 12.8. The molecule has 0 bridgehead atoms. The van der Waals surface area contributed by atoms with Crippen molar-refractivity contribution in [1.82, 2.24) is 9.88 Å². The number of nitrogens with zero attached hydrogens (tertiary/aromatic N) is 2. The van der Waals surface area contributed by atoms with Crippen molar-refractivity contribution in [2.24, 2.45) is 11.7 Å². The van der Waals surface area contributed by atoms with E-state index in [4.69, 9.17) is 10.5 Å². The number of hydrogen-bond donors (Lipinski definition) is 1. The number of ether oxygens (including phenoxy) is 1. The van der Waals surface area contributed by atoms with Crippen LogP contribution >= 0.6 is 15.9 Å². The number of piperidine rings is 1. The van der Waals surface area contributed by atoms with Gasteiger partial charge in [-0.25, -0.2) is 0 Å². The second kappa shape index (κ2) is 8.52. The molecule has 1 saturated heterocycles. The second-order valence-electron chi connectivity index (χ2n) is 6.77. The van der Waals surface area contributed by atoms with Gasteiger partial charge in [0.2, 0.25) is 5.91 Å². The number of halogens is 1. The molecule has 0 spiro atoms. The number of rotatable bonds is 5. The molecule has 1 fully saturated rings. The first kappa shape index (κ1) is 19.4. The summed E-state index contributed by atoms with van der Waals surface area (Å²) in [6.45, 7) is 2.86. The summed E-state index contributed by atoms with van der Waals surface area (Å²) < 4.78 is 7.03. The predicted molar refractivity (Wildman–Crippen MR) is 105 cm³/mol. The minimum absolute atomic E-state index is 0.0853. The fourth-order valence-electron chi connectivity index (χ4n) is 3.30. The van der Waals surface area contributed by atoms with Crippen LogP contribution in [0, 0.1) is 12.8 Å². The Morgan fingerprint density at radius 1 is 1.33 bits per heavy atom. The van der Waals surface area contributed by atoms with Crippen molar-refractivity contribution in [3.8, 4) is 5.75 Å². The van der Waals surface area contributed by atoms with Crippen LogP contribution in [-0.4, -0.2) is 40.9 Å². The molecule has 0 aliphatic carbocycles. The average molecular weight is 432 g/mol. The van der Waals surface area contributed by atoms with Crippen LogP contribution in [0.15, 0.2) is 47.1 Å². The van der Waals surface area contributed by atoms with Crippen molar-refractivity contribution < 1.29 is 14.3 Å². The molecule has 0 radical (unpaired) electrons. The monoisotopic (exact) mass is 431 g/mol. The first-order valence-electron chi connectivity index (χ1n) is 8.85. The number of likely N-dealkylation sites (tertiary alicyclic amines) is 1. The normalized spacial score (nSPS) is 19.6. The molecule has 1 aliphatic rings. The predicted octanol–water partition coefficient (Wildman–Crippen LogP) is 2.94. The summed E-state index contributed by atoms with van der Waals surface area (Å²) >= 11 is 3.43. The van der Waals surface area contributed by atoms with Gasteiger partial charge in [-0.05, 0) is 37.3 Å². The molecular formula is C20H22BrN3O3. The Morgan fingerprint density at radius 2 is 2.15 bits per heavy atom. The van der Waals surface area contributed by atoms with E-state index in [0.29, 0.717) is 25.1 Å². The lowest BCUT2D eigenvalue weighted by Gasteiger charge is -2.38. The van der Waals surface area contributed by atoms with Gasteiger partial charge in [0.15, 0.2) is 0 Å². The summed E-state index contributed by atoms with van der Waals surface area (Å²) in [7, 11) is 0. The Morgan fingerprint density at radius 3 is 2.81 bits per heavy atom. The highest BCUT2D eigenvalue weighted by Crippen LogP contribution is 2.27. The first-order valence-corrected chi connectivity index (χ1v) is 9.64. The number of primary amides is 1. The Labute approximate surface area is 166 Å². The molecule has 0 unspecified atom stereocenters. The van der Waals surface area contributed by atoms with E-state index in [2.05, 4.69) is 20.9 Å². The van der Waals surface area contributed by atoms with Gasteiger partial charge in [-0.3, -0.25) is 14.6 Å². The largest absolute Gasteiger partial charge is 0.490 e. The fraction of sp³-hybridized carbons (Fsp3) is 0.350. The van der Waals surface area contributed by atoms with Crippen LogP contribution in [0.25, 0.3) is 0 Å². The summed E-state index contributed by atoms with van der Waals surface area (Å²) in [5, 5.41) is 0. The van der Waals surface area contributed by atoms with E-state index in [-0.39, 0.29) is 24.3 Å². The molecule has 1 aromatic heterocycles. The van der Waals surface area contributed by atoms with Gasteiger partial charge < -0.3 is 15.4 Å². The molecule has 2 amide bonds. The highest BCUT2D eigenvalue weighted by atomic mass is 79.9. The molecule has 0 saturated carbocycles. The van der Waals surface area contributed by atoms with Gasteiger partial charge in [0.05, 0.1) is 5.56 Å². The third kappa shape index (κ3) is 5.07. The number of carbonyl (C=O) groups is 2. The van der Waals surface area contributed by atoms with Gasteiger partial charge in [-0.1, -0.05) is 22.0 Å². The molecule has 6 nitrogen and oxygen atoms in total. The van der Waals surface area contributed by atoms with E-state index in [1.54, 1.807) is 17.2 Å². The van der Waals surface area contributed by atoms with Crippen molar-refractivity contribution in [2.45, 2.75) is 25.9 Å². The molecule has 27 heavy (non-hydrogen) atoms. The van der Waals surface area contributed by atoms with Crippen molar-refractivity contribution in [3.05, 3.63) is 58.3 Å². The Kier molecular flexibility index (Phi) is 6.11. The molecule has 1 aromatic carbocycles. The summed E-state index contributed by atoms with van der Waals surface area (Å²) in [5.41, 5.74) is 6.84. The Bertz CT molecular complexity index is 825. The smallest absolute Gasteiger partial charge is 0.255 e. The Balaban J connectivity index is 1.72. The molecule has 142 valence electrons. The molecule has 2 N–H and O–H groups in total. The van der Waals surface area contributed by atoms with Crippen LogP contribution in [0.1, 0.15) is 28.9 Å². The van der Waals surface area contributed by atoms with Crippen molar-refractivity contribution in [3.63, 3.8) is 0 Å². The Hall–Kier alpha value is -2.41. The summed E-state index contributed by atoms with van der Waals surface area (Å²) in [5.74, 6) is 0.0935. The zero-order valence-electron chi connectivity index (χ0n) is 15.1. The summed E-state index contributed by atoms with van der Waals surface area (Å²) in [6.07, 6.45) is 2.22. The van der Waals surface area contributed by atoms with E-state index >= 15 is 0 Å². The zero-order chi connectivity index (χ0) is 19.4. The summed E-state index contributed by atoms with van der Waals surface area (Å²) in [6, 6.07) is 11.2. The lowest BCUT2D eigenvalue weighted by Crippen LogP contribution is -2.49. The molecule has 2 aromatic rings. The van der Waals surface area contributed by atoms with Crippen molar-refractivity contribution >= 4 is 27.7 Å². The van der Waals surface area contributed by atoms with E-state index < -0.39 is 5.91 Å². The highest BCUT2D eigenvalue weighted by Gasteiger charge is 2.34. The molecule has 2 heterocycles. The third-order valence-electron chi connectivity index (χ3n) is 4.66. The van der Waals surface area contributed by atoms with Crippen LogP contribution in [0.3, 0.4) is 0 Å². The molecule has 3 rings (SSSR count). The number of amides is 2. The number of aryl methyl sites for hydroxylation is 1. The van der Waals surface area contributed by atoms with Gasteiger partial charge in [0, 0.05) is 48.2 Å². The van der Waals surface area contributed by atoms with E-state index in [1.165, 1.54) is 0 Å². The van der Waals surface area contributed by atoms with E-state index in [0.717, 1.165) is 15.9 Å². The average Bonchev–Trinajstić information content (AvgIpc) is 2.63. The first-order chi connectivity index (χ1) is 12.9. The van der Waals surface area contributed by atoms with Crippen LogP contribution in [0.4, 0.5) is 0 Å². The minimum Gasteiger partial charge on any atom is -0.490 e. The SMILES string of the molecule is Cc1ccc(C(=O)N2CC[C@H](Oc3cccc(Br)c3)[C@@H](CC(N)=O)C2)cn1. The minimum atomic E-state index is -0.394. The second-order valence-corrected chi connectivity index (χ2v) is 7.69. The quantitative estimate of drug-likeness (QED) is 0.788. The van der Waals surface area contributed by atoms with Gasteiger partial charge in [-0.2, -0.15) is 0 Å². The van der Waals surface area contributed by atoms with Crippen LogP contribution < -0.4 is 10.5 Å². The zero-order valence-corrected chi connectivity index (χ0v) is 16.7. The van der Waals surface area contributed by atoms with Gasteiger partial charge in [0.1, 0.15) is 11.9 Å². The molecular weight excluding hydrogens is 410 g/mol. The number of carbonyl (C=O) groups excluding carboxylic acids is 2. The number of nitrogens with two attached hydrogens (primary N) is 1. The molecule has 7 heteroatoms. The van der Waals surface area contributed by atoms with Crippen LogP contribution in [0.5, 0.6) is 5.75 Å². The summed E-state index contributed by atoms with van der Waals surface area (Å²) in [4.78, 5) is 30.3. The number of benzene rings is 1. The van der Waals surface area contributed by atoms with Crippen molar-refractivity contribution in [1.29, 1.82) is 0 Å². The number of pyridine rings is 1. The van der Waals surface area contributed by atoms with E-state index in [1.807, 2.05) is 37.3 Å². The number of aromatic nitrogens is 1. The maximum Gasteiger partial charge on any atom is 0.255 e. The standard InChI is InChI=1S/C20H22BrN3O3/c1-13-5-6-14(11-23-13)20(26)24-8-7-18(15(12-24)9-19(22)25)27-17-4-2-3-16(21)10-17/h2-6,10-11,15,18H,7-9,12H2,1H3,(H2,22,25)/t15-,18-/m0/s1. The lowest BCUT2D eigenvalue weighted by atomic mass is 9.90.